The van der Waals surface area contributed by atoms with E-state index in [1.54, 1.807) is 24.3 Å². The van der Waals surface area contributed by atoms with Crippen LogP contribution in [-0.2, 0) is 4.79 Å². The van der Waals surface area contributed by atoms with E-state index in [0.717, 1.165) is 6.42 Å². The molecule has 0 aliphatic carbocycles. The van der Waals surface area contributed by atoms with Crippen LogP contribution in [0.3, 0.4) is 0 Å². The Labute approximate surface area is 110 Å². The summed E-state index contributed by atoms with van der Waals surface area (Å²) in [6.45, 7) is 0. The lowest BCUT2D eigenvalue weighted by atomic mass is 9.84. The normalized spacial score (nSPS) is 25.8. The van der Waals surface area contributed by atoms with Crippen molar-refractivity contribution in [3.05, 3.63) is 35.4 Å². The lowest BCUT2D eigenvalue weighted by Crippen LogP contribution is -2.60. The van der Waals surface area contributed by atoms with Gasteiger partial charge < -0.3 is 10.6 Å². The van der Waals surface area contributed by atoms with Crippen molar-refractivity contribution in [2.45, 2.75) is 31.3 Å². The molecule has 2 unspecified atom stereocenters. The van der Waals surface area contributed by atoms with E-state index in [4.69, 9.17) is 5.73 Å². The predicted molar refractivity (Wildman–Crippen MR) is 67.6 cm³/mol. The zero-order chi connectivity index (χ0) is 13.6. The maximum absolute atomic E-state index is 12.5. The van der Waals surface area contributed by atoms with E-state index < -0.39 is 18.0 Å². The molecule has 1 saturated heterocycles. The number of fused-ring (bicyclic) bond motifs is 2. The number of piperidine rings is 1. The number of carbonyl (C=O) groups is 3. The molecule has 2 atom stereocenters. The van der Waals surface area contributed by atoms with Crippen molar-refractivity contribution in [2.75, 3.05) is 0 Å². The van der Waals surface area contributed by atoms with Crippen LogP contribution >= 0.6 is 0 Å². The van der Waals surface area contributed by atoms with E-state index in [0.29, 0.717) is 24.0 Å². The molecule has 5 heteroatoms. The molecule has 0 spiro atoms. The number of hydrogen-bond donors (Lipinski definition) is 1. The molecule has 2 N–H and O–H groups in total. The number of benzene rings is 1. The van der Waals surface area contributed by atoms with Crippen molar-refractivity contribution in [2.24, 2.45) is 5.73 Å². The van der Waals surface area contributed by atoms with E-state index in [2.05, 4.69) is 0 Å². The van der Waals surface area contributed by atoms with Crippen molar-refractivity contribution in [3.8, 4) is 0 Å². The summed E-state index contributed by atoms with van der Waals surface area (Å²) in [7, 11) is 0. The molecule has 98 valence electrons. The SMILES string of the molecule is NC(=O)C1CCCC2C(=O)c3ccccc3C(=O)N12. The molecule has 5 nitrogen and oxygen atoms in total. The van der Waals surface area contributed by atoms with Gasteiger partial charge in [-0.2, -0.15) is 0 Å². The van der Waals surface area contributed by atoms with Gasteiger partial charge in [0, 0.05) is 5.56 Å². The number of primary amides is 1. The maximum atomic E-state index is 12.5. The monoisotopic (exact) mass is 258 g/mol. The first-order valence-electron chi connectivity index (χ1n) is 6.36. The van der Waals surface area contributed by atoms with Gasteiger partial charge in [0.15, 0.2) is 5.78 Å². The Balaban J connectivity index is 2.12. The summed E-state index contributed by atoms with van der Waals surface area (Å²) in [5.74, 6) is -0.880. The van der Waals surface area contributed by atoms with Crippen LogP contribution in [0, 0.1) is 0 Å². The van der Waals surface area contributed by atoms with Gasteiger partial charge in [-0.15, -0.1) is 0 Å². The van der Waals surface area contributed by atoms with Crippen molar-refractivity contribution in [3.63, 3.8) is 0 Å². The molecule has 2 heterocycles. The van der Waals surface area contributed by atoms with Gasteiger partial charge in [0.05, 0.1) is 11.6 Å². The minimum absolute atomic E-state index is 0.0823. The standard InChI is InChI=1S/C14H14N2O3/c15-13(18)11-7-3-6-10-12(17)8-4-1-2-5-9(8)14(19)16(10)11/h1-2,4-5,10-11H,3,6-7H2,(H2,15,18). The van der Waals surface area contributed by atoms with Gasteiger partial charge in [-0.1, -0.05) is 18.2 Å². The number of Topliss-reactive ketones (excluding diaryl/α,β-unsaturated/α-hetero) is 1. The largest absolute Gasteiger partial charge is 0.368 e. The van der Waals surface area contributed by atoms with Gasteiger partial charge >= 0.3 is 0 Å². The minimum Gasteiger partial charge on any atom is -0.368 e. The van der Waals surface area contributed by atoms with Crippen LogP contribution in [0.25, 0.3) is 0 Å². The van der Waals surface area contributed by atoms with Crippen LogP contribution < -0.4 is 5.73 Å². The van der Waals surface area contributed by atoms with Crippen molar-refractivity contribution in [1.29, 1.82) is 0 Å². The summed E-state index contributed by atoms with van der Waals surface area (Å²) in [5.41, 5.74) is 6.19. The summed E-state index contributed by atoms with van der Waals surface area (Å²) >= 11 is 0. The molecule has 2 aliphatic rings. The van der Waals surface area contributed by atoms with Crippen LogP contribution in [-0.4, -0.2) is 34.6 Å². The zero-order valence-corrected chi connectivity index (χ0v) is 10.3. The molecule has 0 saturated carbocycles. The van der Waals surface area contributed by atoms with Crippen LogP contribution in [0.5, 0.6) is 0 Å². The van der Waals surface area contributed by atoms with Crippen LogP contribution in [0.15, 0.2) is 24.3 Å². The first-order chi connectivity index (χ1) is 9.11. The lowest BCUT2D eigenvalue weighted by molar-refractivity contribution is -0.124. The minimum atomic E-state index is -0.663. The van der Waals surface area contributed by atoms with Crippen LogP contribution in [0.4, 0.5) is 0 Å². The Bertz CT molecular complexity index is 582. The topological polar surface area (TPSA) is 80.5 Å². The van der Waals surface area contributed by atoms with Crippen LogP contribution in [0.1, 0.15) is 40.0 Å². The molecule has 19 heavy (non-hydrogen) atoms. The van der Waals surface area contributed by atoms with E-state index >= 15 is 0 Å². The number of nitrogens with zero attached hydrogens (tertiary/aromatic N) is 1. The van der Waals surface area contributed by atoms with Gasteiger partial charge in [0.2, 0.25) is 5.91 Å². The number of ketones is 1. The number of carbonyl (C=O) groups excluding carboxylic acids is 3. The summed E-state index contributed by atoms with van der Waals surface area (Å²) in [5, 5.41) is 0. The number of rotatable bonds is 1. The van der Waals surface area contributed by atoms with E-state index in [9.17, 15) is 14.4 Å². The highest BCUT2D eigenvalue weighted by Gasteiger charge is 2.45. The Morgan fingerprint density at radius 3 is 2.53 bits per heavy atom. The molecule has 1 fully saturated rings. The van der Waals surface area contributed by atoms with Gasteiger partial charge in [-0.25, -0.2) is 0 Å². The van der Waals surface area contributed by atoms with E-state index in [1.165, 1.54) is 4.90 Å². The van der Waals surface area contributed by atoms with Gasteiger partial charge in [0.1, 0.15) is 6.04 Å². The van der Waals surface area contributed by atoms with Crippen molar-refractivity contribution < 1.29 is 14.4 Å². The fourth-order valence-electron chi connectivity index (χ4n) is 3.02. The lowest BCUT2D eigenvalue weighted by Gasteiger charge is -2.42. The highest BCUT2D eigenvalue weighted by molar-refractivity contribution is 6.16. The highest BCUT2D eigenvalue weighted by Crippen LogP contribution is 2.32. The fourth-order valence-corrected chi connectivity index (χ4v) is 3.02. The summed E-state index contributed by atoms with van der Waals surface area (Å²) < 4.78 is 0. The van der Waals surface area contributed by atoms with Crippen molar-refractivity contribution in [1.82, 2.24) is 4.90 Å². The number of hydrogen-bond acceptors (Lipinski definition) is 3. The second-order valence-corrected chi connectivity index (χ2v) is 4.99. The molecule has 0 radical (unpaired) electrons. The molecule has 2 amide bonds. The third-order valence-electron chi connectivity index (χ3n) is 3.92. The number of amides is 2. The predicted octanol–water partition coefficient (Wildman–Crippen LogP) is 0.731. The molecular weight excluding hydrogens is 244 g/mol. The van der Waals surface area contributed by atoms with E-state index in [1.807, 2.05) is 0 Å². The second-order valence-electron chi connectivity index (χ2n) is 4.99. The molecule has 1 aromatic rings. The molecular formula is C14H14N2O3. The summed E-state index contributed by atoms with van der Waals surface area (Å²) in [6, 6.07) is 5.55. The zero-order valence-electron chi connectivity index (χ0n) is 10.3. The Kier molecular flexibility index (Phi) is 2.62. The van der Waals surface area contributed by atoms with Crippen LogP contribution in [0.2, 0.25) is 0 Å². The van der Waals surface area contributed by atoms with Gasteiger partial charge in [0.25, 0.3) is 5.91 Å². The Morgan fingerprint density at radius 1 is 1.16 bits per heavy atom. The smallest absolute Gasteiger partial charge is 0.255 e. The third-order valence-corrected chi connectivity index (χ3v) is 3.92. The number of nitrogens with two attached hydrogens (primary N) is 1. The molecule has 3 rings (SSSR count). The fraction of sp³-hybridized carbons (Fsp3) is 0.357. The summed E-state index contributed by atoms with van der Waals surface area (Å²) in [4.78, 5) is 37.8. The Hall–Kier alpha value is -2.17. The highest BCUT2D eigenvalue weighted by atomic mass is 16.2. The molecule has 0 aromatic heterocycles. The maximum Gasteiger partial charge on any atom is 0.255 e. The average molecular weight is 258 g/mol. The molecule has 1 aromatic carbocycles. The molecule has 2 aliphatic heterocycles. The quantitative estimate of drug-likeness (QED) is 0.806. The first kappa shape index (κ1) is 11.9. The Morgan fingerprint density at radius 2 is 1.84 bits per heavy atom. The molecule has 0 bridgehead atoms. The first-order valence-corrected chi connectivity index (χ1v) is 6.36. The summed E-state index contributed by atoms with van der Waals surface area (Å²) in [6.07, 6.45) is 1.87. The average Bonchev–Trinajstić information content (AvgIpc) is 2.44. The van der Waals surface area contributed by atoms with Gasteiger partial charge in [-0.05, 0) is 25.3 Å². The third kappa shape index (κ3) is 1.65. The second kappa shape index (κ2) is 4.19. The van der Waals surface area contributed by atoms with E-state index in [-0.39, 0.29) is 11.7 Å². The van der Waals surface area contributed by atoms with Gasteiger partial charge in [-0.3, -0.25) is 14.4 Å². The van der Waals surface area contributed by atoms with Crippen molar-refractivity contribution >= 4 is 17.6 Å².